The molecule has 0 saturated heterocycles. The highest BCUT2D eigenvalue weighted by Crippen LogP contribution is 2.33. The lowest BCUT2D eigenvalue weighted by molar-refractivity contribution is -0.400. The van der Waals surface area contributed by atoms with Crippen LogP contribution in [-0.4, -0.2) is 56.6 Å². The highest BCUT2D eigenvalue weighted by molar-refractivity contribution is 6.14. The number of nitrogens with two attached hydrogens (primary N) is 1. The van der Waals surface area contributed by atoms with Crippen LogP contribution >= 0.6 is 0 Å². The van der Waals surface area contributed by atoms with Crippen molar-refractivity contribution in [3.63, 3.8) is 0 Å². The number of aromatic nitrogens is 4. The normalized spacial score (nSPS) is 11.3. The van der Waals surface area contributed by atoms with Gasteiger partial charge in [0.15, 0.2) is 11.4 Å². The molecule has 12 heteroatoms. The van der Waals surface area contributed by atoms with Gasteiger partial charge in [0.25, 0.3) is 0 Å². The minimum Gasteiger partial charge on any atom is -0.461 e. The lowest BCUT2D eigenvalue weighted by Gasteiger charge is -2.07. The molecule has 12 nitrogen and oxygen atoms in total. The number of H-pyrrole nitrogens is 2. The van der Waals surface area contributed by atoms with Gasteiger partial charge in [0.2, 0.25) is 6.20 Å². The zero-order chi connectivity index (χ0) is 33.0. The number of carbonyl (C=O) groups is 2. The number of ether oxygens (including phenoxy) is 2. The van der Waals surface area contributed by atoms with Gasteiger partial charge in [-0.15, -0.1) is 0 Å². The van der Waals surface area contributed by atoms with Crippen molar-refractivity contribution in [1.82, 2.24) is 19.9 Å². The number of carbonyl (C=O) groups excluding carboxylic acids is 2. The summed E-state index contributed by atoms with van der Waals surface area (Å²) >= 11 is 0. The van der Waals surface area contributed by atoms with Crippen molar-refractivity contribution < 1.29 is 24.0 Å². The Kier molecular flexibility index (Phi) is 9.38. The van der Waals surface area contributed by atoms with Gasteiger partial charge in [-0.05, 0) is 75.0 Å². The number of hydrogen-bond donors (Lipinski definition) is 3. The minimum atomic E-state index is -0.508. The molecule has 0 aliphatic heterocycles. The van der Waals surface area contributed by atoms with Crippen LogP contribution < -0.4 is 5.73 Å². The summed E-state index contributed by atoms with van der Waals surface area (Å²) in [5, 5.41) is 14.4. The van der Waals surface area contributed by atoms with E-state index in [9.17, 15) is 19.7 Å². The van der Waals surface area contributed by atoms with Crippen LogP contribution in [-0.2, 0) is 15.9 Å². The molecule has 236 valence electrons. The van der Waals surface area contributed by atoms with E-state index in [4.69, 9.17) is 15.2 Å². The monoisotopic (exact) mass is 622 g/mol. The van der Waals surface area contributed by atoms with Crippen molar-refractivity contribution in [3.05, 3.63) is 98.7 Å². The summed E-state index contributed by atoms with van der Waals surface area (Å²) in [6, 6.07) is 11.6. The zero-order valence-corrected chi connectivity index (χ0v) is 26.0. The fourth-order valence-corrected chi connectivity index (χ4v) is 5.75. The third-order valence-electron chi connectivity index (χ3n) is 7.66. The molecule has 46 heavy (non-hydrogen) atoms. The predicted molar refractivity (Wildman–Crippen MR) is 177 cm³/mol. The molecule has 0 fully saturated rings. The number of pyridine rings is 2. The Morgan fingerprint density at radius 3 is 1.87 bits per heavy atom. The maximum atomic E-state index is 12.1. The first kappa shape index (κ1) is 31.8. The molecule has 0 radical (unpaired) electrons. The van der Waals surface area contributed by atoms with Gasteiger partial charge >= 0.3 is 11.9 Å². The van der Waals surface area contributed by atoms with Crippen molar-refractivity contribution in [1.29, 1.82) is 0 Å². The molecule has 6 aromatic rings. The first-order valence-electron chi connectivity index (χ1n) is 14.8. The van der Waals surface area contributed by atoms with Crippen molar-refractivity contribution in [3.8, 4) is 0 Å². The lowest BCUT2D eigenvalue weighted by atomic mass is 10.0. The number of nitrogens with zero attached hydrogens (tertiary/aromatic N) is 3. The number of fused-ring (bicyclic) bond motifs is 6. The van der Waals surface area contributed by atoms with Crippen LogP contribution in [0.3, 0.4) is 0 Å². The molecule has 0 unspecified atom stereocenters. The number of nitro groups is 1. The Bertz CT molecular complexity index is 2150. The largest absolute Gasteiger partial charge is 0.461 e. The summed E-state index contributed by atoms with van der Waals surface area (Å²) in [7, 11) is 0. The van der Waals surface area contributed by atoms with E-state index in [0.717, 1.165) is 61.8 Å². The number of aromatic amines is 2. The predicted octanol–water partition coefficient (Wildman–Crippen LogP) is 6.15. The molecule has 6 rings (SSSR count). The molecule has 0 spiro atoms. The van der Waals surface area contributed by atoms with Crippen LogP contribution in [0.15, 0.2) is 55.0 Å². The zero-order valence-electron chi connectivity index (χ0n) is 26.0. The van der Waals surface area contributed by atoms with Gasteiger partial charge in [-0.3, -0.25) is 10.1 Å². The van der Waals surface area contributed by atoms with E-state index < -0.39 is 10.9 Å². The van der Waals surface area contributed by atoms with Gasteiger partial charge in [-0.1, -0.05) is 24.3 Å². The van der Waals surface area contributed by atoms with Crippen LogP contribution in [0.2, 0.25) is 0 Å². The van der Waals surface area contributed by atoms with Crippen LogP contribution in [0, 0.1) is 24.0 Å². The maximum absolute atomic E-state index is 12.1. The van der Waals surface area contributed by atoms with Crippen molar-refractivity contribution in [2.75, 3.05) is 19.8 Å². The van der Waals surface area contributed by atoms with Gasteiger partial charge in [-0.25, -0.2) is 19.6 Å². The molecule has 4 heterocycles. The summed E-state index contributed by atoms with van der Waals surface area (Å²) in [6.45, 7) is 8.42. The van der Waals surface area contributed by atoms with E-state index >= 15 is 0 Å². The van der Waals surface area contributed by atoms with Gasteiger partial charge in [0.1, 0.15) is 0 Å². The Balaban J connectivity index is 0.000000182. The molecule has 0 saturated carbocycles. The number of hydrogen-bond acceptors (Lipinski definition) is 9. The summed E-state index contributed by atoms with van der Waals surface area (Å²) in [5.74, 6) is -0.864. The van der Waals surface area contributed by atoms with Crippen molar-refractivity contribution in [2.24, 2.45) is 5.73 Å². The molecular formula is C34H34N6O6. The molecule has 0 atom stereocenters. The van der Waals surface area contributed by atoms with Crippen LogP contribution in [0.1, 0.15) is 57.1 Å². The number of benzene rings is 2. The highest BCUT2D eigenvalue weighted by atomic mass is 16.6. The van der Waals surface area contributed by atoms with E-state index in [1.54, 1.807) is 39.2 Å². The van der Waals surface area contributed by atoms with Crippen molar-refractivity contribution in [2.45, 2.75) is 34.1 Å². The minimum absolute atomic E-state index is 0.248. The summed E-state index contributed by atoms with van der Waals surface area (Å²) < 4.78 is 10.1. The molecule has 4 N–H and O–H groups in total. The van der Waals surface area contributed by atoms with E-state index in [-0.39, 0.29) is 18.3 Å². The Morgan fingerprint density at radius 1 is 0.826 bits per heavy atom. The van der Waals surface area contributed by atoms with E-state index in [1.165, 1.54) is 11.6 Å². The third-order valence-corrected chi connectivity index (χ3v) is 7.66. The average Bonchev–Trinajstić information content (AvgIpc) is 3.61. The maximum Gasteiger partial charge on any atom is 0.357 e. The fraction of sp³-hybridized carbons (Fsp3) is 0.235. The quantitative estimate of drug-likeness (QED) is 0.102. The smallest absolute Gasteiger partial charge is 0.357 e. The summed E-state index contributed by atoms with van der Waals surface area (Å²) in [6.07, 6.45) is 6.41. The molecule has 0 aliphatic rings. The topological polar surface area (TPSA) is 179 Å². The first-order valence-corrected chi connectivity index (χ1v) is 14.8. The van der Waals surface area contributed by atoms with Crippen molar-refractivity contribution >= 4 is 61.6 Å². The van der Waals surface area contributed by atoms with E-state index in [2.05, 4.69) is 26.0 Å². The molecule has 0 bridgehead atoms. The molecule has 2 aromatic carbocycles. The van der Waals surface area contributed by atoms with E-state index in [1.807, 2.05) is 31.2 Å². The van der Waals surface area contributed by atoms with Crippen LogP contribution in [0.5, 0.6) is 0 Å². The van der Waals surface area contributed by atoms with Crippen LogP contribution in [0.4, 0.5) is 0 Å². The Hall–Kier alpha value is -5.62. The lowest BCUT2D eigenvalue weighted by Crippen LogP contribution is -2.09. The number of esters is 2. The second-order valence-corrected chi connectivity index (χ2v) is 10.5. The van der Waals surface area contributed by atoms with Gasteiger partial charge in [0.05, 0.1) is 41.6 Å². The van der Waals surface area contributed by atoms with Gasteiger partial charge < -0.3 is 25.2 Å². The third kappa shape index (κ3) is 6.02. The van der Waals surface area contributed by atoms with Gasteiger partial charge in [-0.2, -0.15) is 0 Å². The summed E-state index contributed by atoms with van der Waals surface area (Å²) in [4.78, 5) is 49.3. The Morgan fingerprint density at radius 2 is 1.35 bits per heavy atom. The second-order valence-electron chi connectivity index (χ2n) is 10.5. The molecule has 0 aliphatic carbocycles. The first-order chi connectivity index (χ1) is 22.2. The molecular weight excluding hydrogens is 588 g/mol. The standard InChI is InChI=1S/C17H15N3O4.C17H19N3O2/c1-3-24-17(21)16-10(2)14-13(9-18-16)19-12-6-4-5-11(15(12)14)7-8-20(22)23;1-3-22-17(21)16-10(2)14-13(9-19-16)20-12-6-4-5-11(7-8-18)15(12)14/h4-9,19H,3H2,1-2H3;4-6,9,20H,3,7-8,18H2,1-2H3. The summed E-state index contributed by atoms with van der Waals surface area (Å²) in [5.41, 5.74) is 13.3. The molecule has 0 amide bonds. The second kappa shape index (κ2) is 13.6. The average molecular weight is 623 g/mol. The number of nitrogens with one attached hydrogen (secondary N) is 2. The molecule has 4 aromatic heterocycles. The van der Waals surface area contributed by atoms with Gasteiger partial charge in [0, 0.05) is 38.7 Å². The number of rotatable bonds is 8. The fourth-order valence-electron chi connectivity index (χ4n) is 5.75. The Labute approximate surface area is 263 Å². The SMILES string of the molecule is CCOC(=O)c1ncc2[nH]c3cccc(C=C[N+](=O)[O-])c3c2c1C.CCOC(=O)c1ncc2[nH]c3cccc(CCN)c3c2c1C. The highest BCUT2D eigenvalue weighted by Gasteiger charge is 2.20. The van der Waals surface area contributed by atoms with E-state index in [0.29, 0.717) is 30.0 Å². The van der Waals surface area contributed by atoms with Crippen LogP contribution in [0.25, 0.3) is 49.7 Å². The number of aryl methyl sites for hydroxylation is 2.